The lowest BCUT2D eigenvalue weighted by Crippen LogP contribution is -2.17. The van der Waals surface area contributed by atoms with Crippen molar-refractivity contribution in [3.05, 3.63) is 65.4 Å². The highest BCUT2D eigenvalue weighted by molar-refractivity contribution is 6.00. The average Bonchev–Trinajstić information content (AvgIpc) is 2.93. The van der Waals surface area contributed by atoms with E-state index in [9.17, 15) is 9.90 Å². The van der Waals surface area contributed by atoms with E-state index in [1.807, 2.05) is 31.2 Å². The molecule has 0 atom stereocenters. The van der Waals surface area contributed by atoms with Crippen LogP contribution in [0.4, 0.5) is 0 Å². The Morgan fingerprint density at radius 3 is 2.70 bits per heavy atom. The molecule has 1 aromatic heterocycles. The number of carbonyl (C=O) groups excluding carboxylic acids is 1. The summed E-state index contributed by atoms with van der Waals surface area (Å²) in [6, 6.07) is 13.7. The number of amides is 1. The molecule has 0 aliphatic heterocycles. The molecule has 0 fully saturated rings. The number of phenolic OH excluding ortho intramolecular Hbond substituents is 1. The van der Waals surface area contributed by atoms with Crippen molar-refractivity contribution in [3.63, 3.8) is 0 Å². The maximum Gasteiger partial charge on any atom is 0.271 e. The largest absolute Gasteiger partial charge is 0.508 e. The quantitative estimate of drug-likeness (QED) is 0.572. The number of phenols is 1. The zero-order valence-corrected chi connectivity index (χ0v) is 12.6. The number of nitrogens with one attached hydrogen (secondary N) is 1. The zero-order chi connectivity index (χ0) is 16.2. The summed E-state index contributed by atoms with van der Waals surface area (Å²) in [4.78, 5) is 12.0. The molecule has 2 aromatic carbocycles. The van der Waals surface area contributed by atoms with Gasteiger partial charge in [0.15, 0.2) is 0 Å². The Morgan fingerprint density at radius 1 is 1.22 bits per heavy atom. The molecule has 23 heavy (non-hydrogen) atoms. The normalized spacial score (nSPS) is 11.2. The fourth-order valence-corrected chi connectivity index (χ4v) is 2.35. The van der Waals surface area contributed by atoms with Crippen LogP contribution in [0.25, 0.3) is 11.0 Å². The van der Waals surface area contributed by atoms with Crippen molar-refractivity contribution in [1.82, 2.24) is 5.43 Å². The Labute approximate surface area is 133 Å². The maximum absolute atomic E-state index is 12.0. The number of para-hydroxylation sites is 1. The fourth-order valence-electron chi connectivity index (χ4n) is 2.35. The van der Waals surface area contributed by atoms with Crippen molar-refractivity contribution in [3.8, 4) is 5.75 Å². The SMILES string of the molecule is CCc1oc2ccccc2c1/C=N\NC(=O)c1ccc(O)cc1. The monoisotopic (exact) mass is 308 g/mol. The second-order valence-electron chi connectivity index (χ2n) is 5.03. The second-order valence-corrected chi connectivity index (χ2v) is 5.03. The van der Waals surface area contributed by atoms with Gasteiger partial charge in [0.2, 0.25) is 0 Å². The molecule has 1 amide bonds. The van der Waals surface area contributed by atoms with Crippen molar-refractivity contribution in [1.29, 1.82) is 0 Å². The molecular formula is C18H16N2O3. The molecular weight excluding hydrogens is 292 g/mol. The van der Waals surface area contributed by atoms with E-state index in [2.05, 4.69) is 10.5 Å². The van der Waals surface area contributed by atoms with Gasteiger partial charge < -0.3 is 9.52 Å². The summed E-state index contributed by atoms with van der Waals surface area (Å²) < 4.78 is 5.77. The van der Waals surface area contributed by atoms with E-state index in [0.29, 0.717) is 5.56 Å². The molecule has 0 aliphatic carbocycles. The third-order valence-electron chi connectivity index (χ3n) is 3.52. The van der Waals surface area contributed by atoms with E-state index >= 15 is 0 Å². The summed E-state index contributed by atoms with van der Waals surface area (Å²) in [5, 5.41) is 14.2. The summed E-state index contributed by atoms with van der Waals surface area (Å²) in [6.45, 7) is 2.00. The third-order valence-corrected chi connectivity index (χ3v) is 3.52. The number of benzene rings is 2. The van der Waals surface area contributed by atoms with Gasteiger partial charge in [0, 0.05) is 22.9 Å². The zero-order valence-electron chi connectivity index (χ0n) is 12.6. The van der Waals surface area contributed by atoms with Gasteiger partial charge in [-0.1, -0.05) is 25.1 Å². The van der Waals surface area contributed by atoms with E-state index in [4.69, 9.17) is 4.42 Å². The number of furan rings is 1. The van der Waals surface area contributed by atoms with Crippen LogP contribution in [0.3, 0.4) is 0 Å². The van der Waals surface area contributed by atoms with Crippen LogP contribution < -0.4 is 5.43 Å². The van der Waals surface area contributed by atoms with Crippen LogP contribution in [-0.2, 0) is 6.42 Å². The summed E-state index contributed by atoms with van der Waals surface area (Å²) in [7, 11) is 0. The predicted molar refractivity (Wildman–Crippen MR) is 88.8 cm³/mol. The highest BCUT2D eigenvalue weighted by atomic mass is 16.3. The minimum Gasteiger partial charge on any atom is -0.508 e. The lowest BCUT2D eigenvalue weighted by atomic mass is 10.1. The van der Waals surface area contributed by atoms with E-state index in [1.54, 1.807) is 6.21 Å². The standard InChI is InChI=1S/C18H16N2O3/c1-2-16-15(14-5-3-4-6-17(14)23-16)11-19-20-18(22)12-7-9-13(21)10-8-12/h3-11,21H,2H2,1H3,(H,20,22)/b19-11-. The molecule has 0 saturated heterocycles. The Kier molecular flexibility index (Phi) is 4.10. The molecule has 2 N–H and O–H groups in total. The van der Waals surface area contributed by atoms with Gasteiger partial charge in [-0.05, 0) is 30.3 Å². The third kappa shape index (κ3) is 3.08. The number of aromatic hydroxyl groups is 1. The number of fused-ring (bicyclic) bond motifs is 1. The van der Waals surface area contributed by atoms with Crippen LogP contribution >= 0.6 is 0 Å². The molecule has 0 spiro atoms. The van der Waals surface area contributed by atoms with Crippen molar-refractivity contribution in [2.75, 3.05) is 0 Å². The van der Waals surface area contributed by atoms with Gasteiger partial charge in [-0.25, -0.2) is 5.43 Å². The molecule has 1 heterocycles. The molecule has 0 saturated carbocycles. The van der Waals surface area contributed by atoms with Crippen LogP contribution in [0.15, 0.2) is 58.0 Å². The second kappa shape index (κ2) is 6.36. The molecule has 0 bridgehead atoms. The van der Waals surface area contributed by atoms with Crippen molar-refractivity contribution < 1.29 is 14.3 Å². The topological polar surface area (TPSA) is 74.8 Å². The van der Waals surface area contributed by atoms with E-state index in [0.717, 1.165) is 28.7 Å². The number of nitrogens with zero attached hydrogens (tertiary/aromatic N) is 1. The Bertz CT molecular complexity index is 864. The summed E-state index contributed by atoms with van der Waals surface area (Å²) in [5.41, 5.74) is 4.57. The Morgan fingerprint density at radius 2 is 1.96 bits per heavy atom. The van der Waals surface area contributed by atoms with Crippen LogP contribution in [0.2, 0.25) is 0 Å². The molecule has 116 valence electrons. The Hall–Kier alpha value is -3.08. The molecule has 0 unspecified atom stereocenters. The van der Waals surface area contributed by atoms with Gasteiger partial charge in [0.05, 0.1) is 6.21 Å². The van der Waals surface area contributed by atoms with Crippen molar-refractivity contribution in [2.45, 2.75) is 13.3 Å². The number of hydrazone groups is 1. The first kappa shape index (κ1) is 14.8. The molecule has 3 rings (SSSR count). The predicted octanol–water partition coefficient (Wildman–Crippen LogP) is 3.46. The fraction of sp³-hybridized carbons (Fsp3) is 0.111. The minimum atomic E-state index is -0.341. The van der Waals surface area contributed by atoms with Crippen molar-refractivity contribution >= 4 is 23.1 Å². The highest BCUT2D eigenvalue weighted by Gasteiger charge is 2.10. The molecule has 0 aliphatic rings. The van der Waals surface area contributed by atoms with Crippen LogP contribution in [-0.4, -0.2) is 17.2 Å². The van der Waals surface area contributed by atoms with E-state index in [-0.39, 0.29) is 11.7 Å². The van der Waals surface area contributed by atoms with E-state index in [1.165, 1.54) is 24.3 Å². The van der Waals surface area contributed by atoms with Crippen LogP contribution in [0.1, 0.15) is 28.6 Å². The van der Waals surface area contributed by atoms with E-state index < -0.39 is 0 Å². The van der Waals surface area contributed by atoms with Gasteiger partial charge in [0.25, 0.3) is 5.91 Å². The maximum atomic E-state index is 12.0. The summed E-state index contributed by atoms with van der Waals surface area (Å²) in [5.74, 6) is 0.600. The lowest BCUT2D eigenvalue weighted by Gasteiger charge is -2.00. The van der Waals surface area contributed by atoms with Crippen LogP contribution in [0.5, 0.6) is 5.75 Å². The van der Waals surface area contributed by atoms with Gasteiger partial charge >= 0.3 is 0 Å². The van der Waals surface area contributed by atoms with Crippen LogP contribution in [0, 0.1) is 0 Å². The van der Waals surface area contributed by atoms with Gasteiger partial charge in [-0.15, -0.1) is 0 Å². The lowest BCUT2D eigenvalue weighted by molar-refractivity contribution is 0.0955. The number of rotatable bonds is 4. The summed E-state index contributed by atoms with van der Waals surface area (Å²) >= 11 is 0. The first-order valence-corrected chi connectivity index (χ1v) is 7.32. The first-order valence-electron chi connectivity index (χ1n) is 7.32. The minimum absolute atomic E-state index is 0.113. The molecule has 3 aromatic rings. The molecule has 5 nitrogen and oxygen atoms in total. The smallest absolute Gasteiger partial charge is 0.271 e. The first-order chi connectivity index (χ1) is 11.2. The summed E-state index contributed by atoms with van der Waals surface area (Å²) in [6.07, 6.45) is 2.34. The Balaban J connectivity index is 1.80. The number of hydrogen-bond donors (Lipinski definition) is 2. The van der Waals surface area contributed by atoms with Crippen molar-refractivity contribution in [2.24, 2.45) is 5.10 Å². The highest BCUT2D eigenvalue weighted by Crippen LogP contribution is 2.24. The molecule has 5 heteroatoms. The molecule has 0 radical (unpaired) electrons. The number of hydrogen-bond acceptors (Lipinski definition) is 4. The van der Waals surface area contributed by atoms with Gasteiger partial charge in [0.1, 0.15) is 17.1 Å². The average molecular weight is 308 g/mol. The number of aryl methyl sites for hydroxylation is 1. The van der Waals surface area contributed by atoms with Gasteiger partial charge in [-0.3, -0.25) is 4.79 Å². The number of carbonyl (C=O) groups is 1. The van der Waals surface area contributed by atoms with Gasteiger partial charge in [-0.2, -0.15) is 5.10 Å².